The van der Waals surface area contributed by atoms with Crippen molar-refractivity contribution in [2.45, 2.75) is 97.2 Å². The summed E-state index contributed by atoms with van der Waals surface area (Å²) >= 11 is 0. The molecular weight excluding hydrogens is 1720 g/mol. The molecule has 8 aromatic carbocycles. The molecular formula is C88H100F8N16O10S4. The first-order chi connectivity index (χ1) is 60.3. The van der Waals surface area contributed by atoms with E-state index in [2.05, 4.69) is 67.8 Å². The Labute approximate surface area is 728 Å². The monoisotopic (exact) mass is 1820 g/mol. The highest BCUT2D eigenvalue weighted by atomic mass is 32.2. The minimum Gasteiger partial charge on any atom is -0.497 e. The second-order valence-electron chi connectivity index (χ2n) is 30.2. The van der Waals surface area contributed by atoms with Gasteiger partial charge in [0.25, 0.3) is 0 Å². The first kappa shape index (κ1) is 95.5. The number of methoxy groups -OCH3 is 1. The maximum atomic E-state index is 15.2. The molecule has 0 atom stereocenters. The van der Waals surface area contributed by atoms with Gasteiger partial charge >= 0.3 is 0 Å². The van der Waals surface area contributed by atoms with Crippen LogP contribution in [0.15, 0.2) is 170 Å². The van der Waals surface area contributed by atoms with Gasteiger partial charge in [-0.2, -0.15) is 0 Å². The topological polar surface area (TPSA) is 291 Å². The summed E-state index contributed by atoms with van der Waals surface area (Å²) in [5.41, 5.74) is 5.71. The predicted octanol–water partition coefficient (Wildman–Crippen LogP) is 14.8. The largest absolute Gasteiger partial charge is 0.497 e. The van der Waals surface area contributed by atoms with Crippen molar-refractivity contribution in [2.24, 2.45) is 0 Å². The van der Waals surface area contributed by atoms with Gasteiger partial charge in [-0.05, 0) is 113 Å². The van der Waals surface area contributed by atoms with Gasteiger partial charge in [0.15, 0.2) is 85.9 Å². The number of aromatic nitrogens is 12. The molecule has 0 radical (unpaired) electrons. The van der Waals surface area contributed by atoms with E-state index in [9.17, 15) is 60.0 Å². The standard InChI is InChI=1S/C26H33F2N5O3S.C24H29F2N5O2S.C19H19F2N3O3S.C19H19F2N3O2S/c1-3-16-37(34,35)19-21-8-9-23(27)26(25(21)28)33-18-24(29-30-33)20-6-5-7-22(17-20)32-12-10-31(11-13-32)14-15-36-4-2;1-3-14-34(32,33)17-19-8-9-21(25)24(23(19)26)31-16-22(27-28-31)18-6-5-7-20(15-18)30-12-10-29(4-2)11-13-30;1-3-9-28(25,26)12-14-7-8-16(20)19(18(14)21)24-11-17(22-23-24)13-5-4-6-15(10-13)27-2;1-3-9-27(25,26)12-15-7-8-16(20)19(18(15)21)24-11-17(22-23-24)14-6-4-5-13(2)10-14/h5-9,17-18H,3-4,10-16,19H2,1-2H3;5-9,15-16H,3-4,10-14,17H2,1-2H3;4-8,10-11H,3,9,12H2,1-2H3;4-8,10-11H,3,9,12H2,1-2H3. The maximum absolute atomic E-state index is 15.2. The smallest absolute Gasteiger partial charge is 0.156 e. The lowest BCUT2D eigenvalue weighted by atomic mass is 10.1. The summed E-state index contributed by atoms with van der Waals surface area (Å²) in [6.07, 6.45) is 7.41. The highest BCUT2D eigenvalue weighted by Gasteiger charge is 2.29. The number of anilines is 2. The van der Waals surface area contributed by atoms with Crippen LogP contribution in [0.5, 0.6) is 5.75 Å². The van der Waals surface area contributed by atoms with Crippen LogP contribution in [0.3, 0.4) is 0 Å². The molecule has 2 aliphatic heterocycles. The van der Waals surface area contributed by atoms with E-state index in [0.29, 0.717) is 59.8 Å². The van der Waals surface area contributed by atoms with Crippen LogP contribution < -0.4 is 14.5 Å². The molecule has 38 heteroatoms. The molecule has 0 bridgehead atoms. The van der Waals surface area contributed by atoms with E-state index in [-0.39, 0.29) is 45.3 Å². The summed E-state index contributed by atoms with van der Waals surface area (Å²) < 4.78 is 229. The molecule has 672 valence electrons. The Morgan fingerprint density at radius 1 is 0.357 bits per heavy atom. The molecule has 0 amide bonds. The number of hydrogen-bond acceptors (Lipinski definition) is 22. The summed E-state index contributed by atoms with van der Waals surface area (Å²) in [4.78, 5) is 9.38. The number of benzene rings is 8. The van der Waals surface area contributed by atoms with Gasteiger partial charge in [-0.1, -0.05) is 140 Å². The number of rotatable bonds is 32. The SMILES string of the molecule is CCCS(=O)(=O)Cc1ccc(F)c(-n2cc(-c3cccc(C)c3)nn2)c1F.CCCS(=O)(=O)Cc1ccc(F)c(-n2cc(-c3cccc(N4CCN(CC)CC4)c3)nn2)c1F.CCCS(=O)(=O)Cc1ccc(F)c(-n2cc(-c3cccc(N4CCN(CCOCC)CC4)c3)nn2)c1F.CCCS(=O)(=O)Cc1ccc(F)c(-n2cc(-c3cccc(OC)c3)nn2)c1F. The van der Waals surface area contributed by atoms with Crippen LogP contribution in [0, 0.1) is 53.5 Å². The zero-order valence-electron chi connectivity index (χ0n) is 71.0. The summed E-state index contributed by atoms with van der Waals surface area (Å²) in [7, 11) is -12.4. The van der Waals surface area contributed by atoms with Crippen molar-refractivity contribution in [3.05, 3.63) is 245 Å². The molecule has 0 spiro atoms. The van der Waals surface area contributed by atoms with Crippen LogP contribution >= 0.6 is 0 Å². The van der Waals surface area contributed by atoms with E-state index in [0.717, 1.165) is 167 Å². The van der Waals surface area contributed by atoms with Gasteiger partial charge in [-0.15, -0.1) is 20.4 Å². The van der Waals surface area contributed by atoms with Crippen molar-refractivity contribution in [1.82, 2.24) is 69.8 Å². The molecule has 2 fully saturated rings. The predicted molar refractivity (Wildman–Crippen MR) is 469 cm³/mol. The number of hydrogen-bond donors (Lipinski definition) is 0. The minimum atomic E-state index is -3.50. The van der Waals surface area contributed by atoms with Gasteiger partial charge in [0.2, 0.25) is 0 Å². The van der Waals surface area contributed by atoms with Crippen LogP contribution in [0.2, 0.25) is 0 Å². The van der Waals surface area contributed by atoms with E-state index in [4.69, 9.17) is 9.47 Å². The fraction of sp³-hybridized carbons (Fsp3) is 0.364. The molecule has 12 aromatic rings. The molecule has 2 saturated heterocycles. The van der Waals surface area contributed by atoms with Gasteiger partial charge in [-0.3, -0.25) is 4.90 Å². The van der Waals surface area contributed by atoms with Gasteiger partial charge in [0.05, 0.1) is 84.5 Å². The number of ether oxygens (including phenoxy) is 2. The van der Waals surface area contributed by atoms with E-state index >= 15 is 8.78 Å². The van der Waals surface area contributed by atoms with E-state index in [1.165, 1.54) is 44.0 Å². The average molecular weight is 1820 g/mol. The Balaban J connectivity index is 0.000000164. The Bertz CT molecular complexity index is 6230. The van der Waals surface area contributed by atoms with Crippen molar-refractivity contribution in [3.8, 4) is 73.5 Å². The highest BCUT2D eigenvalue weighted by molar-refractivity contribution is 7.91. The van der Waals surface area contributed by atoms with Gasteiger partial charge < -0.3 is 24.2 Å². The number of piperazine rings is 2. The lowest BCUT2D eigenvalue weighted by molar-refractivity contribution is 0.111. The van der Waals surface area contributed by atoms with Crippen LogP contribution in [-0.2, 0) is 67.1 Å². The first-order valence-corrected chi connectivity index (χ1v) is 48.4. The molecule has 0 unspecified atom stereocenters. The number of likely N-dealkylation sites (N-methyl/N-ethyl adjacent to an activating group) is 1. The Kier molecular flexibility index (Phi) is 32.9. The second-order valence-corrected chi connectivity index (χ2v) is 38.9. The average Bonchev–Trinajstić information content (AvgIpc) is 1.58. The quantitative estimate of drug-likeness (QED) is 0.0279. The van der Waals surface area contributed by atoms with Crippen LogP contribution in [0.1, 0.15) is 95.0 Å². The molecule has 126 heavy (non-hydrogen) atoms. The van der Waals surface area contributed by atoms with Crippen LogP contribution in [0.25, 0.3) is 67.8 Å². The zero-order chi connectivity index (χ0) is 90.6. The number of nitrogens with zero attached hydrogens (tertiary/aromatic N) is 16. The molecule has 14 rings (SSSR count). The van der Waals surface area contributed by atoms with Crippen molar-refractivity contribution in [3.63, 3.8) is 0 Å². The number of aryl methyl sites for hydroxylation is 1. The zero-order valence-corrected chi connectivity index (χ0v) is 74.3. The molecule has 4 aromatic heterocycles. The molecule has 0 saturated carbocycles. The molecule has 0 N–H and O–H groups in total. The lowest BCUT2D eigenvalue weighted by Crippen LogP contribution is -2.47. The van der Waals surface area contributed by atoms with Gasteiger partial charge in [0.1, 0.15) is 51.3 Å². The third kappa shape index (κ3) is 25.0. The summed E-state index contributed by atoms with van der Waals surface area (Å²) in [5, 5.41) is 31.7. The molecule has 2 aliphatic rings. The Morgan fingerprint density at radius 2 is 0.659 bits per heavy atom. The van der Waals surface area contributed by atoms with Gasteiger partial charge in [0, 0.05) is 121 Å². The summed E-state index contributed by atoms with van der Waals surface area (Å²) in [6, 6.07) is 38.9. The third-order valence-corrected chi connectivity index (χ3v) is 27.8. The fourth-order valence-electron chi connectivity index (χ4n) is 14.3. The lowest BCUT2D eigenvalue weighted by Gasteiger charge is -2.36. The molecule has 0 aliphatic carbocycles. The second kappa shape index (κ2) is 43.4. The van der Waals surface area contributed by atoms with Crippen molar-refractivity contribution in [1.29, 1.82) is 0 Å². The number of halogens is 8. The Morgan fingerprint density at radius 3 is 0.960 bits per heavy atom. The Hall–Kier alpha value is -11.2. The van der Waals surface area contributed by atoms with Crippen molar-refractivity contribution in [2.75, 3.05) is 119 Å². The summed E-state index contributed by atoms with van der Waals surface area (Å²) in [6.45, 7) is 23.9. The number of sulfone groups is 4. The van der Waals surface area contributed by atoms with E-state index < -0.39 is 132 Å². The summed E-state index contributed by atoms with van der Waals surface area (Å²) in [5.74, 6) is -8.83. The van der Waals surface area contributed by atoms with Crippen LogP contribution in [-0.4, -0.2) is 212 Å². The van der Waals surface area contributed by atoms with E-state index in [1.807, 2.05) is 86.6 Å². The minimum absolute atomic E-state index is 0.0556. The first-order valence-electron chi connectivity index (χ1n) is 41.1. The normalized spacial score (nSPS) is 13.5. The maximum Gasteiger partial charge on any atom is 0.156 e. The van der Waals surface area contributed by atoms with Crippen molar-refractivity contribution < 1.29 is 78.3 Å². The van der Waals surface area contributed by atoms with Crippen molar-refractivity contribution >= 4 is 50.7 Å². The van der Waals surface area contributed by atoms with E-state index in [1.54, 1.807) is 52.0 Å². The molecule has 6 heterocycles. The van der Waals surface area contributed by atoms with Gasteiger partial charge in [-0.25, -0.2) is 87.5 Å². The molecule has 26 nitrogen and oxygen atoms in total. The van der Waals surface area contributed by atoms with Crippen LogP contribution in [0.4, 0.5) is 46.5 Å². The third-order valence-electron chi connectivity index (χ3n) is 20.7. The highest BCUT2D eigenvalue weighted by Crippen LogP contribution is 2.33. The fourth-order valence-corrected chi connectivity index (χ4v) is 20.2.